The minimum absolute atomic E-state index is 0.00466. The van der Waals surface area contributed by atoms with Gasteiger partial charge in [0.05, 0.1) is 5.41 Å². The first-order chi connectivity index (χ1) is 17.4. The molecule has 1 N–H and O–H groups in total. The van der Waals surface area contributed by atoms with E-state index in [0.29, 0.717) is 19.3 Å². The predicted molar refractivity (Wildman–Crippen MR) is 135 cm³/mol. The molecule has 0 heterocycles. The molecule has 2 bridgehead atoms. The molecule has 9 atom stereocenters. The third-order valence-electron chi connectivity index (χ3n) is 11.6. The van der Waals surface area contributed by atoms with Crippen molar-refractivity contribution in [3.05, 3.63) is 0 Å². The molecule has 0 aromatic rings. The first-order valence-corrected chi connectivity index (χ1v) is 14.5. The van der Waals surface area contributed by atoms with Gasteiger partial charge in [-0.05, 0) is 112 Å². The van der Waals surface area contributed by atoms with Crippen LogP contribution in [0.25, 0.3) is 0 Å². The highest BCUT2D eigenvalue weighted by Crippen LogP contribution is 2.92. The van der Waals surface area contributed by atoms with Crippen LogP contribution < -0.4 is 0 Å². The summed E-state index contributed by atoms with van der Waals surface area (Å²) in [6.07, 6.45) is -8.24. The van der Waals surface area contributed by atoms with Gasteiger partial charge in [0.1, 0.15) is 5.60 Å². The minimum Gasteiger partial charge on any atom is -0.460 e. The summed E-state index contributed by atoms with van der Waals surface area (Å²) in [7, 11) is 0. The molecular formula is C30H46F6O3. The van der Waals surface area contributed by atoms with Crippen molar-refractivity contribution in [2.24, 2.45) is 51.2 Å². The molecule has 4 saturated carbocycles. The van der Waals surface area contributed by atoms with Crippen LogP contribution in [0.2, 0.25) is 0 Å². The summed E-state index contributed by atoms with van der Waals surface area (Å²) in [4.78, 5) is 13.3. The van der Waals surface area contributed by atoms with E-state index in [1.54, 1.807) is 0 Å². The average Bonchev–Trinajstić information content (AvgIpc) is 3.45. The summed E-state index contributed by atoms with van der Waals surface area (Å²) in [5.41, 5.74) is -7.33. The third-order valence-corrected chi connectivity index (χ3v) is 11.6. The van der Waals surface area contributed by atoms with Crippen LogP contribution in [-0.2, 0) is 9.53 Å². The molecule has 9 heteroatoms. The fourth-order valence-corrected chi connectivity index (χ4v) is 10.0. The Morgan fingerprint density at radius 2 is 1.56 bits per heavy atom. The summed E-state index contributed by atoms with van der Waals surface area (Å²) in [5, 5.41) is 10.1. The van der Waals surface area contributed by atoms with E-state index in [2.05, 4.69) is 20.8 Å². The van der Waals surface area contributed by atoms with Gasteiger partial charge in [0, 0.05) is 0 Å². The Kier molecular flexibility index (Phi) is 6.95. The van der Waals surface area contributed by atoms with Crippen molar-refractivity contribution in [2.75, 3.05) is 0 Å². The fourth-order valence-electron chi connectivity index (χ4n) is 10.0. The second-order valence-corrected chi connectivity index (χ2v) is 15.4. The van der Waals surface area contributed by atoms with Crippen LogP contribution in [0.5, 0.6) is 0 Å². The van der Waals surface area contributed by atoms with Crippen molar-refractivity contribution in [1.29, 1.82) is 0 Å². The van der Waals surface area contributed by atoms with Crippen molar-refractivity contribution < 1.29 is 41.0 Å². The maximum absolute atomic E-state index is 13.7. The van der Waals surface area contributed by atoms with Gasteiger partial charge in [-0.3, -0.25) is 4.79 Å². The number of aliphatic hydroxyl groups is 1. The Labute approximate surface area is 228 Å². The van der Waals surface area contributed by atoms with Crippen molar-refractivity contribution in [3.63, 3.8) is 0 Å². The number of alkyl halides is 6. The standard InChI is InChI=1S/C30H46F6O3/c1-9-10-19-14-26(19,22(37)39-23(4,5)6)12-17(2)11-25(8)21-18(3)24(7)13-20(27(21,25)16-24)15-28(38,29(31,32)33)30(34,35)36/h17-21,38H,9-16H2,1-8H3. The molecule has 0 saturated heterocycles. The van der Waals surface area contributed by atoms with Crippen LogP contribution in [0.1, 0.15) is 107 Å². The topological polar surface area (TPSA) is 46.5 Å². The van der Waals surface area contributed by atoms with Crippen LogP contribution in [0, 0.1) is 51.2 Å². The van der Waals surface area contributed by atoms with Crippen LogP contribution in [0.3, 0.4) is 0 Å². The number of ether oxygens (including phenoxy) is 1. The molecule has 3 nitrogen and oxygen atoms in total. The first kappa shape index (κ1) is 31.0. The predicted octanol–water partition coefficient (Wildman–Crippen LogP) is 8.49. The van der Waals surface area contributed by atoms with Crippen molar-refractivity contribution >= 4 is 5.97 Å². The zero-order valence-electron chi connectivity index (χ0n) is 24.6. The SMILES string of the molecule is CCCC1CC1(CC(C)CC1(C)C2C(C)C3(C)CC(CC(O)(C(F)(F)F)C(F)(F)F)C21C3)C(=O)OC(C)(C)C. The monoisotopic (exact) mass is 568 g/mol. The molecule has 9 unspecified atom stereocenters. The normalized spacial score (nSPS) is 42.3. The van der Waals surface area contributed by atoms with Gasteiger partial charge in [0.15, 0.2) is 0 Å². The van der Waals surface area contributed by atoms with E-state index < -0.39 is 52.1 Å². The van der Waals surface area contributed by atoms with Crippen LogP contribution in [0.4, 0.5) is 26.3 Å². The molecule has 4 rings (SSSR count). The molecule has 0 amide bonds. The summed E-state index contributed by atoms with van der Waals surface area (Å²) in [6, 6.07) is 0. The Morgan fingerprint density at radius 3 is 2.05 bits per heavy atom. The zero-order chi connectivity index (χ0) is 29.8. The first-order valence-electron chi connectivity index (χ1n) is 14.5. The van der Waals surface area contributed by atoms with Gasteiger partial charge < -0.3 is 9.84 Å². The molecule has 4 aliphatic carbocycles. The maximum atomic E-state index is 13.7. The zero-order valence-corrected chi connectivity index (χ0v) is 24.6. The van der Waals surface area contributed by atoms with E-state index in [1.807, 2.05) is 34.6 Å². The number of fused-ring (bicyclic) bond motifs is 1. The number of rotatable bonds is 9. The van der Waals surface area contributed by atoms with Gasteiger partial charge in [0.2, 0.25) is 0 Å². The summed E-state index contributed by atoms with van der Waals surface area (Å²) in [6.45, 7) is 15.7. The van der Waals surface area contributed by atoms with E-state index in [0.717, 1.165) is 19.3 Å². The van der Waals surface area contributed by atoms with Crippen molar-refractivity contribution in [3.8, 4) is 0 Å². The second kappa shape index (κ2) is 8.76. The Hall–Kier alpha value is -0.990. The lowest BCUT2D eigenvalue weighted by molar-refractivity contribution is -0.373. The molecule has 0 aliphatic heterocycles. The molecule has 4 fully saturated rings. The number of hydrogen-bond acceptors (Lipinski definition) is 3. The second-order valence-electron chi connectivity index (χ2n) is 15.4. The Morgan fingerprint density at radius 1 is 1.00 bits per heavy atom. The van der Waals surface area contributed by atoms with E-state index in [-0.39, 0.29) is 41.5 Å². The van der Waals surface area contributed by atoms with Crippen LogP contribution in [0.15, 0.2) is 0 Å². The van der Waals surface area contributed by atoms with Crippen molar-refractivity contribution in [1.82, 2.24) is 0 Å². The molecule has 226 valence electrons. The van der Waals surface area contributed by atoms with Crippen LogP contribution >= 0.6 is 0 Å². The summed E-state index contributed by atoms with van der Waals surface area (Å²) < 4.78 is 87.9. The van der Waals surface area contributed by atoms with Gasteiger partial charge in [0.25, 0.3) is 5.60 Å². The molecule has 39 heavy (non-hydrogen) atoms. The third kappa shape index (κ3) is 4.45. The lowest BCUT2D eigenvalue weighted by Gasteiger charge is -2.38. The van der Waals surface area contributed by atoms with Crippen LogP contribution in [-0.4, -0.2) is 34.6 Å². The molecule has 0 aromatic heterocycles. The Balaban J connectivity index is 1.57. The average molecular weight is 569 g/mol. The molecule has 0 radical (unpaired) electrons. The number of carbonyl (C=O) groups excluding carboxylic acids is 1. The fraction of sp³-hybridized carbons (Fsp3) is 0.967. The van der Waals surface area contributed by atoms with Gasteiger partial charge in [-0.1, -0.05) is 41.0 Å². The summed E-state index contributed by atoms with van der Waals surface area (Å²) >= 11 is 0. The van der Waals surface area contributed by atoms with E-state index >= 15 is 0 Å². The van der Waals surface area contributed by atoms with E-state index in [9.17, 15) is 36.2 Å². The van der Waals surface area contributed by atoms with Gasteiger partial charge in [-0.15, -0.1) is 0 Å². The lowest BCUT2D eigenvalue weighted by Crippen LogP contribution is -2.58. The highest BCUT2D eigenvalue weighted by molar-refractivity contribution is 5.81. The molecule has 4 aliphatic rings. The molecular weight excluding hydrogens is 522 g/mol. The number of hydrogen-bond donors (Lipinski definition) is 1. The highest BCUT2D eigenvalue weighted by atomic mass is 19.4. The number of halogens is 6. The summed E-state index contributed by atoms with van der Waals surface area (Å²) in [5.74, 6) is -0.607. The number of carbonyl (C=O) groups is 1. The van der Waals surface area contributed by atoms with E-state index in [4.69, 9.17) is 4.74 Å². The van der Waals surface area contributed by atoms with Crippen molar-refractivity contribution in [2.45, 2.75) is 130 Å². The Bertz CT molecular complexity index is 971. The minimum atomic E-state index is -5.80. The van der Waals surface area contributed by atoms with Gasteiger partial charge >= 0.3 is 18.3 Å². The molecule has 0 aromatic carbocycles. The quantitative estimate of drug-likeness (QED) is 0.224. The smallest absolute Gasteiger partial charge is 0.426 e. The van der Waals surface area contributed by atoms with Gasteiger partial charge in [-0.2, -0.15) is 26.3 Å². The maximum Gasteiger partial charge on any atom is 0.426 e. The largest absolute Gasteiger partial charge is 0.460 e. The molecule has 1 spiro atoms. The number of esters is 1. The lowest BCUT2D eigenvalue weighted by atomic mass is 9.71. The van der Waals surface area contributed by atoms with E-state index in [1.165, 1.54) is 0 Å². The highest BCUT2D eigenvalue weighted by Gasteiger charge is 2.87. The van der Waals surface area contributed by atoms with Gasteiger partial charge in [-0.25, -0.2) is 0 Å².